The number of fused-ring (bicyclic) bond motifs is 2. The summed E-state index contributed by atoms with van der Waals surface area (Å²) in [4.78, 5) is 27.6. The van der Waals surface area contributed by atoms with Crippen molar-refractivity contribution in [1.82, 2.24) is 4.98 Å². The fourth-order valence-corrected chi connectivity index (χ4v) is 2.65. The predicted molar refractivity (Wildman–Crippen MR) is 79.5 cm³/mol. The standard InChI is InChI=1S/C14H7Cl2NO4/c1-5-7(14(19)20)4-9-11(18)8-2-6(15)3-10(16)12(8)21-13(9)17-5/h2-4H,1H3,(H,19,20). The first-order valence-electron chi connectivity index (χ1n) is 5.85. The van der Waals surface area contributed by atoms with Crippen LogP contribution in [-0.2, 0) is 0 Å². The Morgan fingerprint density at radius 1 is 1.24 bits per heavy atom. The zero-order chi connectivity index (χ0) is 15.3. The summed E-state index contributed by atoms with van der Waals surface area (Å²) in [7, 11) is 0. The third-order valence-electron chi connectivity index (χ3n) is 3.10. The highest BCUT2D eigenvalue weighted by molar-refractivity contribution is 6.38. The van der Waals surface area contributed by atoms with Crippen LogP contribution in [0, 0.1) is 6.92 Å². The molecular weight excluding hydrogens is 317 g/mol. The molecule has 0 radical (unpaired) electrons. The minimum Gasteiger partial charge on any atom is -0.478 e. The molecule has 3 rings (SSSR count). The highest BCUT2D eigenvalue weighted by Gasteiger charge is 2.17. The van der Waals surface area contributed by atoms with Crippen molar-refractivity contribution in [1.29, 1.82) is 0 Å². The Morgan fingerprint density at radius 2 is 1.95 bits per heavy atom. The molecule has 106 valence electrons. The third-order valence-corrected chi connectivity index (χ3v) is 3.60. The smallest absolute Gasteiger partial charge is 0.337 e. The molecule has 0 saturated heterocycles. The molecule has 5 nitrogen and oxygen atoms in total. The molecule has 0 fully saturated rings. The Morgan fingerprint density at radius 3 is 2.62 bits per heavy atom. The highest BCUT2D eigenvalue weighted by Crippen LogP contribution is 2.28. The Hall–Kier alpha value is -2.11. The molecule has 0 unspecified atom stereocenters. The molecule has 0 aliphatic rings. The number of nitrogens with zero attached hydrogens (tertiary/aromatic N) is 1. The summed E-state index contributed by atoms with van der Waals surface area (Å²) in [5, 5.41) is 9.84. The molecule has 2 heterocycles. The number of aryl methyl sites for hydroxylation is 1. The summed E-state index contributed by atoms with van der Waals surface area (Å²) in [6.45, 7) is 1.52. The van der Waals surface area contributed by atoms with Gasteiger partial charge in [-0.25, -0.2) is 9.78 Å². The van der Waals surface area contributed by atoms with Gasteiger partial charge in [0.25, 0.3) is 0 Å². The van der Waals surface area contributed by atoms with E-state index in [1.165, 1.54) is 25.1 Å². The zero-order valence-electron chi connectivity index (χ0n) is 10.6. The van der Waals surface area contributed by atoms with Gasteiger partial charge in [-0.3, -0.25) is 4.79 Å². The Kier molecular flexibility index (Phi) is 3.11. The summed E-state index contributed by atoms with van der Waals surface area (Å²) in [5.74, 6) is -1.16. The van der Waals surface area contributed by atoms with E-state index < -0.39 is 11.4 Å². The Labute approximate surface area is 127 Å². The summed E-state index contributed by atoms with van der Waals surface area (Å²) >= 11 is 11.9. The summed E-state index contributed by atoms with van der Waals surface area (Å²) in [6, 6.07) is 4.13. The molecule has 0 aliphatic carbocycles. The molecule has 21 heavy (non-hydrogen) atoms. The van der Waals surface area contributed by atoms with Gasteiger partial charge < -0.3 is 9.52 Å². The van der Waals surface area contributed by atoms with Crippen LogP contribution in [0.3, 0.4) is 0 Å². The van der Waals surface area contributed by atoms with Crippen LogP contribution in [0.25, 0.3) is 22.1 Å². The summed E-state index contributed by atoms with van der Waals surface area (Å²) in [5.41, 5.74) is -0.0109. The van der Waals surface area contributed by atoms with E-state index in [2.05, 4.69) is 4.98 Å². The van der Waals surface area contributed by atoms with Crippen molar-refractivity contribution in [2.24, 2.45) is 0 Å². The molecule has 1 N–H and O–H groups in total. The number of hydrogen-bond donors (Lipinski definition) is 1. The van der Waals surface area contributed by atoms with Crippen molar-refractivity contribution in [2.75, 3.05) is 0 Å². The lowest BCUT2D eigenvalue weighted by molar-refractivity contribution is 0.0696. The third kappa shape index (κ3) is 2.14. The van der Waals surface area contributed by atoms with E-state index in [0.717, 1.165) is 0 Å². The fourth-order valence-electron chi connectivity index (χ4n) is 2.11. The largest absolute Gasteiger partial charge is 0.478 e. The van der Waals surface area contributed by atoms with Gasteiger partial charge in [0.2, 0.25) is 11.1 Å². The number of aromatic carboxylic acids is 1. The van der Waals surface area contributed by atoms with Gasteiger partial charge in [0.1, 0.15) is 0 Å². The van der Waals surface area contributed by atoms with E-state index in [0.29, 0.717) is 0 Å². The quantitative estimate of drug-likeness (QED) is 0.691. The van der Waals surface area contributed by atoms with E-state index in [9.17, 15) is 9.59 Å². The van der Waals surface area contributed by atoms with E-state index in [1.54, 1.807) is 0 Å². The number of pyridine rings is 1. The average Bonchev–Trinajstić information content (AvgIpc) is 2.39. The van der Waals surface area contributed by atoms with Crippen LogP contribution < -0.4 is 5.43 Å². The van der Waals surface area contributed by atoms with E-state index in [-0.39, 0.29) is 43.4 Å². The maximum absolute atomic E-state index is 12.5. The van der Waals surface area contributed by atoms with Crippen LogP contribution in [-0.4, -0.2) is 16.1 Å². The van der Waals surface area contributed by atoms with Crippen LogP contribution in [0.2, 0.25) is 10.0 Å². The second-order valence-corrected chi connectivity index (χ2v) is 5.32. The number of halogens is 2. The number of rotatable bonds is 1. The first kappa shape index (κ1) is 13.9. The second-order valence-electron chi connectivity index (χ2n) is 4.47. The number of hydrogen-bond acceptors (Lipinski definition) is 4. The minimum atomic E-state index is -1.16. The lowest BCUT2D eigenvalue weighted by atomic mass is 10.1. The fraction of sp³-hybridized carbons (Fsp3) is 0.0714. The van der Waals surface area contributed by atoms with Gasteiger partial charge in [0.15, 0.2) is 5.58 Å². The highest BCUT2D eigenvalue weighted by atomic mass is 35.5. The SMILES string of the molecule is Cc1nc2oc3c(Cl)cc(Cl)cc3c(=O)c2cc1C(=O)O. The molecule has 0 aliphatic heterocycles. The van der Waals surface area contributed by atoms with E-state index in [4.69, 9.17) is 32.7 Å². The molecule has 0 spiro atoms. The number of carboxylic acid groups (broad SMARTS) is 1. The molecule has 3 aromatic rings. The Bertz CT molecular complexity index is 978. The van der Waals surface area contributed by atoms with Crippen molar-refractivity contribution >= 4 is 51.2 Å². The maximum atomic E-state index is 12.5. The normalized spacial score (nSPS) is 11.2. The van der Waals surface area contributed by atoms with Crippen LogP contribution in [0.15, 0.2) is 27.4 Å². The second kappa shape index (κ2) is 4.72. The molecule has 0 amide bonds. The van der Waals surface area contributed by atoms with Gasteiger partial charge in [0, 0.05) is 5.02 Å². The van der Waals surface area contributed by atoms with Gasteiger partial charge in [-0.05, 0) is 25.1 Å². The number of carboxylic acids is 1. The summed E-state index contributed by atoms with van der Waals surface area (Å²) in [6.07, 6.45) is 0. The van der Waals surface area contributed by atoms with Crippen LogP contribution >= 0.6 is 23.2 Å². The van der Waals surface area contributed by atoms with Crippen molar-refractivity contribution < 1.29 is 14.3 Å². The topological polar surface area (TPSA) is 80.4 Å². The number of aromatic nitrogens is 1. The number of benzene rings is 1. The van der Waals surface area contributed by atoms with E-state index >= 15 is 0 Å². The molecular formula is C14H7Cl2NO4. The maximum Gasteiger partial charge on any atom is 0.337 e. The first-order valence-corrected chi connectivity index (χ1v) is 6.60. The lowest BCUT2D eigenvalue weighted by Crippen LogP contribution is -2.08. The van der Waals surface area contributed by atoms with Gasteiger partial charge in [0.05, 0.1) is 27.1 Å². The van der Waals surface area contributed by atoms with Gasteiger partial charge in [-0.1, -0.05) is 23.2 Å². The lowest BCUT2D eigenvalue weighted by Gasteiger charge is -2.05. The average molecular weight is 324 g/mol. The van der Waals surface area contributed by atoms with E-state index in [1.807, 2.05) is 0 Å². The molecule has 0 bridgehead atoms. The first-order chi connectivity index (χ1) is 9.88. The van der Waals surface area contributed by atoms with Crippen LogP contribution in [0.1, 0.15) is 16.1 Å². The summed E-state index contributed by atoms with van der Waals surface area (Å²) < 4.78 is 5.53. The molecule has 2 aromatic heterocycles. The molecule has 0 saturated carbocycles. The minimum absolute atomic E-state index is 0.0409. The predicted octanol–water partition coefficient (Wildman–Crippen LogP) is 3.65. The monoisotopic (exact) mass is 323 g/mol. The van der Waals surface area contributed by atoms with Gasteiger partial charge in [-0.2, -0.15) is 0 Å². The number of carbonyl (C=O) groups is 1. The zero-order valence-corrected chi connectivity index (χ0v) is 12.1. The Balaban J connectivity index is 2.54. The van der Waals surface area contributed by atoms with Gasteiger partial charge >= 0.3 is 5.97 Å². The van der Waals surface area contributed by atoms with Crippen molar-refractivity contribution in [2.45, 2.75) is 6.92 Å². The van der Waals surface area contributed by atoms with Crippen molar-refractivity contribution in [3.05, 3.63) is 49.7 Å². The van der Waals surface area contributed by atoms with Crippen molar-refractivity contribution in [3.8, 4) is 0 Å². The van der Waals surface area contributed by atoms with Crippen molar-refractivity contribution in [3.63, 3.8) is 0 Å². The molecule has 7 heteroatoms. The molecule has 1 aromatic carbocycles. The molecule has 0 atom stereocenters. The van der Waals surface area contributed by atoms with Crippen LogP contribution in [0.5, 0.6) is 0 Å². The van der Waals surface area contributed by atoms with Gasteiger partial charge in [-0.15, -0.1) is 0 Å². The van der Waals surface area contributed by atoms with Crippen LogP contribution in [0.4, 0.5) is 0 Å².